The van der Waals surface area contributed by atoms with Crippen LogP contribution in [0.5, 0.6) is 0 Å². The van der Waals surface area contributed by atoms with Crippen molar-refractivity contribution in [2.75, 3.05) is 6.54 Å². The lowest BCUT2D eigenvalue weighted by molar-refractivity contribution is 0.577. The molecular weight excluding hydrogens is 380 g/mol. The van der Waals surface area contributed by atoms with Crippen LogP contribution in [0.15, 0.2) is 84.9 Å². The molecule has 29 heavy (non-hydrogen) atoms. The van der Waals surface area contributed by atoms with Gasteiger partial charge in [0.1, 0.15) is 11.4 Å². The van der Waals surface area contributed by atoms with Crippen LogP contribution in [-0.4, -0.2) is 21.5 Å². The lowest BCUT2D eigenvalue weighted by Crippen LogP contribution is -2.17. The average molecular weight is 403 g/mol. The quantitative estimate of drug-likeness (QED) is 0.423. The Kier molecular flexibility index (Phi) is 6.35. The van der Waals surface area contributed by atoms with Gasteiger partial charge in [0.05, 0.1) is 6.54 Å². The first-order chi connectivity index (χ1) is 14.3. The third-order valence-electron chi connectivity index (χ3n) is 4.74. The van der Waals surface area contributed by atoms with Crippen molar-refractivity contribution in [3.05, 3.63) is 107 Å². The van der Waals surface area contributed by atoms with E-state index in [1.807, 2.05) is 48.5 Å². The molecule has 0 aliphatic rings. The second-order valence-electron chi connectivity index (χ2n) is 6.93. The van der Waals surface area contributed by atoms with Crippen LogP contribution in [0.4, 0.5) is 0 Å². The van der Waals surface area contributed by atoms with Crippen LogP contribution in [0.2, 0.25) is 5.02 Å². The van der Waals surface area contributed by atoms with Crippen LogP contribution < -0.4 is 5.32 Å². The molecule has 146 valence electrons. The normalized spacial score (nSPS) is 10.9. The van der Waals surface area contributed by atoms with Gasteiger partial charge in [0.2, 0.25) is 0 Å². The summed E-state index contributed by atoms with van der Waals surface area (Å²) < 4.78 is 0. The minimum atomic E-state index is 0.612. The smallest absolute Gasteiger partial charge is 0.117 e. The molecule has 3 aromatic carbocycles. The summed E-state index contributed by atoms with van der Waals surface area (Å²) in [7, 11) is 0. The van der Waals surface area contributed by atoms with Crippen molar-refractivity contribution in [3.63, 3.8) is 0 Å². The minimum Gasteiger partial charge on any atom is -0.311 e. The van der Waals surface area contributed by atoms with E-state index in [4.69, 9.17) is 21.8 Å². The topological polar surface area (TPSA) is 42.7 Å². The van der Waals surface area contributed by atoms with E-state index in [0.29, 0.717) is 13.1 Å². The molecule has 4 nitrogen and oxygen atoms in total. The summed E-state index contributed by atoms with van der Waals surface area (Å²) >= 11 is 5.99. The van der Waals surface area contributed by atoms with Gasteiger partial charge < -0.3 is 5.32 Å². The van der Waals surface area contributed by atoms with E-state index in [9.17, 15) is 0 Å². The minimum absolute atomic E-state index is 0.612. The molecule has 0 unspecified atom stereocenters. The van der Waals surface area contributed by atoms with Crippen molar-refractivity contribution < 1.29 is 0 Å². The lowest BCUT2D eigenvalue weighted by atomic mass is 10.1. The highest BCUT2D eigenvalue weighted by Gasteiger charge is 2.13. The highest BCUT2D eigenvalue weighted by molar-refractivity contribution is 6.30. The van der Waals surface area contributed by atoms with Gasteiger partial charge in [0.15, 0.2) is 0 Å². The number of aromatic nitrogens is 3. The molecule has 1 aromatic heterocycles. The monoisotopic (exact) mass is 402 g/mol. The van der Waals surface area contributed by atoms with E-state index in [1.54, 1.807) is 4.80 Å². The van der Waals surface area contributed by atoms with Gasteiger partial charge in [-0.2, -0.15) is 15.0 Å². The number of hydrogen-bond acceptors (Lipinski definition) is 3. The zero-order valence-corrected chi connectivity index (χ0v) is 16.9. The third kappa shape index (κ3) is 5.31. The fourth-order valence-corrected chi connectivity index (χ4v) is 3.36. The van der Waals surface area contributed by atoms with Gasteiger partial charge in [0.25, 0.3) is 0 Å². The maximum absolute atomic E-state index is 5.99. The molecule has 0 spiro atoms. The van der Waals surface area contributed by atoms with E-state index in [2.05, 4.69) is 41.7 Å². The number of halogens is 1. The summed E-state index contributed by atoms with van der Waals surface area (Å²) in [4.78, 5) is 1.76. The van der Waals surface area contributed by atoms with Crippen molar-refractivity contribution in [2.24, 2.45) is 0 Å². The second-order valence-corrected chi connectivity index (χ2v) is 7.37. The molecule has 0 aliphatic carbocycles. The Morgan fingerprint density at radius 2 is 1.45 bits per heavy atom. The van der Waals surface area contributed by atoms with E-state index in [-0.39, 0.29) is 0 Å². The Hall–Kier alpha value is -2.95. The molecule has 0 saturated carbocycles. The third-order valence-corrected chi connectivity index (χ3v) is 4.99. The van der Waals surface area contributed by atoms with E-state index >= 15 is 0 Å². The highest BCUT2D eigenvalue weighted by Crippen LogP contribution is 2.20. The van der Waals surface area contributed by atoms with Gasteiger partial charge in [0, 0.05) is 17.1 Å². The maximum atomic E-state index is 5.99. The Morgan fingerprint density at radius 1 is 0.759 bits per heavy atom. The molecule has 0 aliphatic heterocycles. The summed E-state index contributed by atoms with van der Waals surface area (Å²) in [5.74, 6) is 0. The Morgan fingerprint density at radius 3 is 2.17 bits per heavy atom. The predicted octanol–water partition coefficient (Wildman–Crippen LogP) is 4.98. The summed E-state index contributed by atoms with van der Waals surface area (Å²) in [5, 5.41) is 13.8. The van der Waals surface area contributed by atoms with Crippen LogP contribution in [0.3, 0.4) is 0 Å². The number of benzene rings is 3. The van der Waals surface area contributed by atoms with Crippen LogP contribution in [0.25, 0.3) is 11.3 Å². The molecular formula is C24H23ClN4. The first-order valence-electron chi connectivity index (χ1n) is 9.76. The van der Waals surface area contributed by atoms with Crippen molar-refractivity contribution >= 4 is 11.6 Å². The maximum Gasteiger partial charge on any atom is 0.117 e. The van der Waals surface area contributed by atoms with Gasteiger partial charge in [-0.25, -0.2) is 0 Å². The summed E-state index contributed by atoms with van der Waals surface area (Å²) in [6.45, 7) is 2.18. The number of rotatable bonds is 8. The van der Waals surface area contributed by atoms with Crippen LogP contribution in [0, 0.1) is 0 Å². The molecule has 4 rings (SSSR count). The molecule has 0 bridgehead atoms. The van der Waals surface area contributed by atoms with E-state index < -0.39 is 0 Å². The molecule has 1 heterocycles. The molecule has 0 saturated heterocycles. The molecule has 1 N–H and O–H groups in total. The van der Waals surface area contributed by atoms with Crippen molar-refractivity contribution in [2.45, 2.75) is 19.5 Å². The van der Waals surface area contributed by atoms with Crippen LogP contribution in [0.1, 0.15) is 16.8 Å². The number of hydrogen-bond donors (Lipinski definition) is 1. The second kappa shape index (κ2) is 9.50. The zero-order valence-electron chi connectivity index (χ0n) is 16.1. The van der Waals surface area contributed by atoms with Crippen molar-refractivity contribution in [1.82, 2.24) is 20.3 Å². The molecule has 0 atom stereocenters. The van der Waals surface area contributed by atoms with Crippen LogP contribution >= 0.6 is 11.6 Å². The van der Waals surface area contributed by atoms with Gasteiger partial charge in [-0.15, -0.1) is 0 Å². The lowest BCUT2D eigenvalue weighted by Gasteiger charge is -2.04. The van der Waals surface area contributed by atoms with Crippen LogP contribution in [-0.2, 0) is 19.5 Å². The van der Waals surface area contributed by atoms with Crippen molar-refractivity contribution in [3.8, 4) is 11.3 Å². The Bertz CT molecular complexity index is 1030. The average Bonchev–Trinajstić information content (AvgIpc) is 3.17. The SMILES string of the molecule is Clc1ccc(Cn2nc(CNCCc3ccccc3)c(-c3ccccc3)n2)cc1. The Balaban J connectivity index is 1.48. The number of nitrogens with zero attached hydrogens (tertiary/aromatic N) is 3. The largest absolute Gasteiger partial charge is 0.311 e. The van der Waals surface area contributed by atoms with Gasteiger partial charge in [-0.1, -0.05) is 84.4 Å². The zero-order chi connectivity index (χ0) is 19.9. The fourth-order valence-electron chi connectivity index (χ4n) is 3.23. The van der Waals surface area contributed by atoms with E-state index in [0.717, 1.165) is 40.5 Å². The first kappa shape index (κ1) is 19.4. The number of nitrogens with one attached hydrogen (secondary N) is 1. The highest BCUT2D eigenvalue weighted by atomic mass is 35.5. The summed E-state index contributed by atoms with van der Waals surface area (Å²) in [6, 6.07) is 28.5. The first-order valence-corrected chi connectivity index (χ1v) is 10.1. The molecule has 0 radical (unpaired) electrons. The standard InChI is InChI=1S/C24H23ClN4/c25-22-13-11-20(12-14-22)18-29-27-23(24(28-29)21-9-5-2-6-10-21)17-26-16-15-19-7-3-1-4-8-19/h1-14,26H,15-18H2. The molecule has 5 heteroatoms. The fraction of sp³-hybridized carbons (Fsp3) is 0.167. The van der Waals surface area contributed by atoms with Crippen molar-refractivity contribution in [1.29, 1.82) is 0 Å². The molecule has 0 fully saturated rings. The Labute approximate surface area is 176 Å². The van der Waals surface area contributed by atoms with Gasteiger partial charge >= 0.3 is 0 Å². The van der Waals surface area contributed by atoms with Gasteiger partial charge in [-0.3, -0.25) is 0 Å². The predicted molar refractivity (Wildman–Crippen MR) is 118 cm³/mol. The van der Waals surface area contributed by atoms with E-state index in [1.165, 1.54) is 5.56 Å². The molecule has 4 aromatic rings. The summed E-state index contributed by atoms with van der Waals surface area (Å²) in [6.07, 6.45) is 0.987. The van der Waals surface area contributed by atoms with Gasteiger partial charge in [-0.05, 0) is 36.2 Å². The molecule has 0 amide bonds. The summed E-state index contributed by atoms with van der Waals surface area (Å²) in [5.41, 5.74) is 5.40.